The molecule has 0 aromatic heterocycles. The number of nitrogens with one attached hydrogen (secondary N) is 1. The molecule has 2 atom stereocenters. The predicted octanol–water partition coefficient (Wildman–Crippen LogP) is 5.84. The van der Waals surface area contributed by atoms with E-state index in [2.05, 4.69) is 59.6 Å². The number of carbonyl (C=O) groups excluding carboxylic acids is 1. The standard InChI is InChI=1S/C27H28N2O2/c1-19-17-22(29(2)3)14-16-23(19)25-15-13-21-11-7-8-12-24(21)26(25)28-27(30)31-18-20-9-5-4-6-10-20/h4-17,25-26H,18H2,1-3H3,(H,28,30)/t25-,26+/m1/s1. The lowest BCUT2D eigenvalue weighted by Gasteiger charge is -2.32. The summed E-state index contributed by atoms with van der Waals surface area (Å²) in [7, 11) is 4.08. The minimum Gasteiger partial charge on any atom is -0.445 e. The molecule has 1 N–H and O–H groups in total. The van der Waals surface area contributed by atoms with Gasteiger partial charge in [-0.25, -0.2) is 4.79 Å². The summed E-state index contributed by atoms with van der Waals surface area (Å²) in [6.45, 7) is 2.37. The van der Waals surface area contributed by atoms with E-state index in [1.54, 1.807) is 0 Å². The van der Waals surface area contributed by atoms with Crippen molar-refractivity contribution in [1.82, 2.24) is 5.32 Å². The van der Waals surface area contributed by atoms with Crippen molar-refractivity contribution < 1.29 is 9.53 Å². The molecule has 31 heavy (non-hydrogen) atoms. The molecule has 3 aromatic carbocycles. The van der Waals surface area contributed by atoms with Crippen LogP contribution in [0.15, 0.2) is 78.9 Å². The second-order valence-corrected chi connectivity index (χ2v) is 8.13. The van der Waals surface area contributed by atoms with Crippen molar-refractivity contribution in [2.45, 2.75) is 25.5 Å². The molecule has 4 nitrogen and oxygen atoms in total. The lowest BCUT2D eigenvalue weighted by molar-refractivity contribution is 0.134. The summed E-state index contributed by atoms with van der Waals surface area (Å²) in [6, 6.07) is 24.2. The predicted molar refractivity (Wildman–Crippen MR) is 126 cm³/mol. The third-order valence-electron chi connectivity index (χ3n) is 5.79. The van der Waals surface area contributed by atoms with E-state index in [0.29, 0.717) is 0 Å². The number of nitrogens with zero attached hydrogens (tertiary/aromatic N) is 1. The Morgan fingerprint density at radius 1 is 0.968 bits per heavy atom. The van der Waals surface area contributed by atoms with Gasteiger partial charge in [0.05, 0.1) is 6.04 Å². The number of aryl methyl sites for hydroxylation is 1. The highest BCUT2D eigenvalue weighted by atomic mass is 16.5. The van der Waals surface area contributed by atoms with Crippen LogP contribution in [0.25, 0.3) is 6.08 Å². The molecule has 3 aromatic rings. The minimum atomic E-state index is -0.411. The van der Waals surface area contributed by atoms with Gasteiger partial charge in [0.25, 0.3) is 0 Å². The van der Waals surface area contributed by atoms with Crippen LogP contribution in [0.2, 0.25) is 0 Å². The highest BCUT2D eigenvalue weighted by Crippen LogP contribution is 2.40. The van der Waals surface area contributed by atoms with Gasteiger partial charge in [0, 0.05) is 25.7 Å². The van der Waals surface area contributed by atoms with Gasteiger partial charge >= 0.3 is 6.09 Å². The Kier molecular flexibility index (Phi) is 6.08. The average Bonchev–Trinajstić information content (AvgIpc) is 2.79. The molecule has 0 spiro atoms. The fourth-order valence-corrected chi connectivity index (χ4v) is 4.11. The van der Waals surface area contributed by atoms with Gasteiger partial charge in [0.15, 0.2) is 0 Å². The number of hydrogen-bond donors (Lipinski definition) is 1. The number of anilines is 1. The normalized spacial score (nSPS) is 17.0. The molecular formula is C27H28N2O2. The smallest absolute Gasteiger partial charge is 0.407 e. The molecular weight excluding hydrogens is 384 g/mol. The van der Waals surface area contributed by atoms with E-state index < -0.39 is 6.09 Å². The van der Waals surface area contributed by atoms with Crippen LogP contribution >= 0.6 is 0 Å². The molecule has 4 heteroatoms. The van der Waals surface area contributed by atoms with E-state index in [9.17, 15) is 4.79 Å². The lowest BCUT2D eigenvalue weighted by Crippen LogP contribution is -2.34. The number of benzene rings is 3. The summed E-state index contributed by atoms with van der Waals surface area (Å²) in [5.41, 5.74) is 6.74. The molecule has 0 unspecified atom stereocenters. The fourth-order valence-electron chi connectivity index (χ4n) is 4.11. The topological polar surface area (TPSA) is 41.6 Å². The van der Waals surface area contributed by atoms with E-state index in [0.717, 1.165) is 22.4 Å². The molecule has 1 amide bonds. The van der Waals surface area contributed by atoms with Crippen molar-refractivity contribution in [2.24, 2.45) is 0 Å². The number of ether oxygens (including phenoxy) is 1. The second-order valence-electron chi connectivity index (χ2n) is 8.13. The zero-order chi connectivity index (χ0) is 21.8. The summed E-state index contributed by atoms with van der Waals surface area (Å²) in [4.78, 5) is 14.8. The van der Waals surface area contributed by atoms with Crippen LogP contribution in [0.5, 0.6) is 0 Å². The Bertz CT molecular complexity index is 1090. The van der Waals surface area contributed by atoms with Gasteiger partial charge in [-0.2, -0.15) is 0 Å². The first-order valence-corrected chi connectivity index (χ1v) is 10.5. The van der Waals surface area contributed by atoms with Crippen LogP contribution in [0.3, 0.4) is 0 Å². The quantitative estimate of drug-likeness (QED) is 0.572. The first-order valence-electron chi connectivity index (χ1n) is 10.5. The van der Waals surface area contributed by atoms with Crippen LogP contribution in [0.1, 0.15) is 39.8 Å². The maximum absolute atomic E-state index is 12.7. The summed E-state index contributed by atoms with van der Waals surface area (Å²) in [6.07, 6.45) is 3.92. The monoisotopic (exact) mass is 412 g/mol. The van der Waals surface area contributed by atoms with Gasteiger partial charge < -0.3 is 15.0 Å². The minimum absolute atomic E-state index is 0.0235. The Balaban J connectivity index is 1.60. The molecule has 0 bridgehead atoms. The van der Waals surface area contributed by atoms with E-state index >= 15 is 0 Å². The van der Waals surface area contributed by atoms with Crippen molar-refractivity contribution in [3.8, 4) is 0 Å². The van der Waals surface area contributed by atoms with Gasteiger partial charge in [0.2, 0.25) is 0 Å². The SMILES string of the molecule is Cc1cc(N(C)C)ccc1[C@H]1C=Cc2ccccc2[C@@H]1NC(=O)OCc1ccccc1. The highest BCUT2D eigenvalue weighted by molar-refractivity contribution is 5.70. The van der Waals surface area contributed by atoms with Crippen LogP contribution in [-0.4, -0.2) is 20.2 Å². The van der Waals surface area contributed by atoms with Gasteiger partial charge in [-0.05, 0) is 46.9 Å². The van der Waals surface area contributed by atoms with E-state index in [1.807, 2.05) is 56.6 Å². The maximum Gasteiger partial charge on any atom is 0.407 e. The van der Waals surface area contributed by atoms with E-state index in [-0.39, 0.29) is 18.6 Å². The highest BCUT2D eigenvalue weighted by Gasteiger charge is 2.30. The Morgan fingerprint density at radius 3 is 2.45 bits per heavy atom. The summed E-state index contributed by atoms with van der Waals surface area (Å²) >= 11 is 0. The van der Waals surface area contributed by atoms with Crippen molar-refractivity contribution >= 4 is 17.9 Å². The Morgan fingerprint density at radius 2 is 1.71 bits per heavy atom. The molecule has 1 aliphatic rings. The first-order chi connectivity index (χ1) is 15.0. The molecule has 158 valence electrons. The van der Waals surface area contributed by atoms with Crippen LogP contribution in [-0.2, 0) is 11.3 Å². The molecule has 0 fully saturated rings. The van der Waals surface area contributed by atoms with E-state index in [4.69, 9.17) is 4.74 Å². The number of alkyl carbamates (subject to hydrolysis) is 1. The third kappa shape index (κ3) is 4.64. The lowest BCUT2D eigenvalue weighted by atomic mass is 9.79. The van der Waals surface area contributed by atoms with E-state index in [1.165, 1.54) is 11.1 Å². The van der Waals surface area contributed by atoms with Crippen LogP contribution in [0, 0.1) is 6.92 Å². The number of fused-ring (bicyclic) bond motifs is 1. The molecule has 0 radical (unpaired) electrons. The summed E-state index contributed by atoms with van der Waals surface area (Å²) in [5, 5.41) is 3.14. The number of amides is 1. The van der Waals surface area contributed by atoms with Crippen molar-refractivity contribution in [2.75, 3.05) is 19.0 Å². The summed E-state index contributed by atoms with van der Waals surface area (Å²) in [5.74, 6) is 0.0235. The molecule has 0 heterocycles. The molecule has 0 saturated heterocycles. The van der Waals surface area contributed by atoms with Crippen molar-refractivity contribution in [3.05, 3.63) is 107 Å². The van der Waals surface area contributed by atoms with Gasteiger partial charge in [-0.15, -0.1) is 0 Å². The largest absolute Gasteiger partial charge is 0.445 e. The first kappa shape index (κ1) is 20.7. The second kappa shape index (κ2) is 9.09. The number of rotatable bonds is 5. The van der Waals surface area contributed by atoms with Crippen LogP contribution < -0.4 is 10.2 Å². The van der Waals surface area contributed by atoms with Crippen LogP contribution in [0.4, 0.5) is 10.5 Å². The Hall–Kier alpha value is -3.53. The fraction of sp³-hybridized carbons (Fsp3) is 0.222. The number of hydrogen-bond acceptors (Lipinski definition) is 3. The molecule has 0 aliphatic heterocycles. The molecule has 0 saturated carbocycles. The van der Waals surface area contributed by atoms with Crippen molar-refractivity contribution in [1.29, 1.82) is 0 Å². The molecule has 1 aliphatic carbocycles. The van der Waals surface area contributed by atoms with Gasteiger partial charge in [-0.3, -0.25) is 0 Å². The maximum atomic E-state index is 12.7. The average molecular weight is 413 g/mol. The zero-order valence-electron chi connectivity index (χ0n) is 18.2. The Labute approximate surface area is 184 Å². The third-order valence-corrected chi connectivity index (χ3v) is 5.79. The zero-order valence-corrected chi connectivity index (χ0v) is 18.2. The van der Waals surface area contributed by atoms with Gasteiger partial charge in [0.1, 0.15) is 6.61 Å². The van der Waals surface area contributed by atoms with Gasteiger partial charge in [-0.1, -0.05) is 72.8 Å². The number of carbonyl (C=O) groups is 1. The van der Waals surface area contributed by atoms with Crippen molar-refractivity contribution in [3.63, 3.8) is 0 Å². The summed E-state index contributed by atoms with van der Waals surface area (Å²) < 4.78 is 5.53. The molecule has 4 rings (SSSR count).